The molecule has 0 bridgehead atoms. The lowest BCUT2D eigenvalue weighted by Crippen LogP contribution is -2.27. The fourth-order valence-corrected chi connectivity index (χ4v) is 1.25. The zero-order valence-electron chi connectivity index (χ0n) is 6.76. The average molecular weight is 223 g/mol. The Kier molecular flexibility index (Phi) is 4.33. The van der Waals surface area contributed by atoms with Gasteiger partial charge in [0.1, 0.15) is 0 Å². The minimum absolute atomic E-state index is 0.00535. The lowest BCUT2D eigenvalue weighted by molar-refractivity contribution is -0.152. The number of halogens is 1. The topological polar surface area (TPSA) is 43.4 Å². The molecule has 0 radical (unpaired) electrons. The molecule has 0 saturated carbocycles. The summed E-state index contributed by atoms with van der Waals surface area (Å²) < 4.78 is 4.45. The van der Waals surface area contributed by atoms with Crippen LogP contribution in [-0.4, -0.2) is 16.8 Å². The molecule has 0 N–H and O–H groups in total. The fourth-order valence-electron chi connectivity index (χ4n) is 0.623. The highest BCUT2D eigenvalue weighted by Gasteiger charge is 2.22. The summed E-state index contributed by atoms with van der Waals surface area (Å²) in [5.41, 5.74) is 0. The molecule has 0 spiro atoms. The third-order valence-corrected chi connectivity index (χ3v) is 1.57. The molecule has 0 rings (SSSR count). The van der Waals surface area contributed by atoms with Gasteiger partial charge >= 0.3 is 5.97 Å². The van der Waals surface area contributed by atoms with Crippen LogP contribution < -0.4 is 0 Å². The van der Waals surface area contributed by atoms with Crippen LogP contribution in [0.2, 0.25) is 0 Å². The van der Waals surface area contributed by atoms with Gasteiger partial charge in [0.05, 0.1) is 0 Å². The van der Waals surface area contributed by atoms with E-state index in [0.29, 0.717) is 0 Å². The van der Waals surface area contributed by atoms with Gasteiger partial charge in [0.15, 0.2) is 6.10 Å². The van der Waals surface area contributed by atoms with Gasteiger partial charge in [-0.05, 0) is 21.8 Å². The first kappa shape index (κ1) is 10.6. The molecule has 0 aliphatic rings. The Labute approximate surface area is 74.2 Å². The van der Waals surface area contributed by atoms with E-state index in [2.05, 4.69) is 15.9 Å². The molecular formula is C7H11BrO3. The number of rotatable bonds is 3. The van der Waals surface area contributed by atoms with E-state index in [9.17, 15) is 9.59 Å². The van der Waals surface area contributed by atoms with Crippen LogP contribution in [0.4, 0.5) is 0 Å². The molecule has 0 fully saturated rings. The summed E-state index contributed by atoms with van der Waals surface area (Å²) in [5.74, 6) is -0.428. The zero-order chi connectivity index (χ0) is 9.02. The number of hydrogen-bond donors (Lipinski definition) is 0. The van der Waals surface area contributed by atoms with E-state index >= 15 is 0 Å². The van der Waals surface area contributed by atoms with Gasteiger partial charge in [0.2, 0.25) is 4.69 Å². The third kappa shape index (κ3) is 4.14. The van der Waals surface area contributed by atoms with Crippen molar-refractivity contribution in [3.05, 3.63) is 0 Å². The first-order valence-corrected chi connectivity index (χ1v) is 4.11. The van der Waals surface area contributed by atoms with Crippen molar-refractivity contribution in [2.45, 2.75) is 26.9 Å². The smallest absolute Gasteiger partial charge is 0.303 e. The van der Waals surface area contributed by atoms with E-state index in [-0.39, 0.29) is 10.6 Å². The van der Waals surface area contributed by atoms with Crippen molar-refractivity contribution in [3.8, 4) is 0 Å². The van der Waals surface area contributed by atoms with E-state index in [4.69, 9.17) is 4.74 Å². The predicted molar refractivity (Wildman–Crippen MR) is 44.3 cm³/mol. The normalized spacial score (nSPS) is 12.8. The van der Waals surface area contributed by atoms with Crippen LogP contribution in [0.3, 0.4) is 0 Å². The molecule has 4 heteroatoms. The molecule has 1 unspecified atom stereocenters. The van der Waals surface area contributed by atoms with Crippen LogP contribution in [-0.2, 0) is 14.3 Å². The Balaban J connectivity index is 4.12. The van der Waals surface area contributed by atoms with Gasteiger partial charge in [-0.2, -0.15) is 0 Å². The van der Waals surface area contributed by atoms with Gasteiger partial charge in [0, 0.05) is 6.92 Å². The van der Waals surface area contributed by atoms with Crippen molar-refractivity contribution in [1.29, 1.82) is 0 Å². The molecule has 0 heterocycles. The maximum atomic E-state index is 10.8. The molecule has 0 aromatic heterocycles. The number of carbonyl (C=O) groups is 2. The SMILES string of the molecule is CC(=O)OC(C(=O)Br)C(C)C. The molecule has 0 aliphatic heterocycles. The fraction of sp³-hybridized carbons (Fsp3) is 0.714. The highest BCUT2D eigenvalue weighted by Crippen LogP contribution is 2.11. The summed E-state index contributed by atoms with van der Waals surface area (Å²) in [7, 11) is 0. The van der Waals surface area contributed by atoms with Gasteiger partial charge in [0.25, 0.3) is 0 Å². The van der Waals surface area contributed by atoms with E-state index in [1.54, 1.807) is 0 Å². The molecule has 0 amide bonds. The highest BCUT2D eigenvalue weighted by atomic mass is 79.9. The van der Waals surface area contributed by atoms with Crippen LogP contribution in [0.15, 0.2) is 0 Å². The van der Waals surface area contributed by atoms with Crippen LogP contribution in [0, 0.1) is 5.92 Å². The van der Waals surface area contributed by atoms with Crippen molar-refractivity contribution in [3.63, 3.8) is 0 Å². The van der Waals surface area contributed by atoms with Crippen molar-refractivity contribution in [2.24, 2.45) is 5.92 Å². The van der Waals surface area contributed by atoms with Gasteiger partial charge in [-0.1, -0.05) is 13.8 Å². The summed E-state index contributed by atoms with van der Waals surface area (Å²) in [6, 6.07) is 0. The lowest BCUT2D eigenvalue weighted by atomic mass is 10.1. The summed E-state index contributed by atoms with van der Waals surface area (Å²) in [6.07, 6.45) is -0.660. The first-order valence-electron chi connectivity index (χ1n) is 3.31. The van der Waals surface area contributed by atoms with Crippen molar-refractivity contribution in [2.75, 3.05) is 0 Å². The second kappa shape index (κ2) is 4.49. The van der Waals surface area contributed by atoms with E-state index in [1.807, 2.05) is 13.8 Å². The molecule has 0 aromatic carbocycles. The molecule has 0 saturated heterocycles. The summed E-state index contributed by atoms with van der Waals surface area (Å²) in [5, 5.41) is 0. The summed E-state index contributed by atoms with van der Waals surface area (Å²) >= 11 is 2.75. The van der Waals surface area contributed by atoms with Crippen LogP contribution in [0.5, 0.6) is 0 Å². The predicted octanol–water partition coefficient (Wildman–Crippen LogP) is 1.50. The zero-order valence-corrected chi connectivity index (χ0v) is 8.34. The maximum Gasteiger partial charge on any atom is 0.303 e. The molecule has 1 atom stereocenters. The molecule has 0 aromatic rings. The molecular weight excluding hydrogens is 212 g/mol. The Morgan fingerprint density at radius 3 is 1.91 bits per heavy atom. The van der Waals surface area contributed by atoms with E-state index in [0.717, 1.165) is 0 Å². The van der Waals surface area contributed by atoms with Crippen molar-refractivity contribution >= 4 is 26.6 Å². The standard InChI is InChI=1S/C7H11BrO3/c1-4(2)6(7(8)10)11-5(3)9/h4,6H,1-3H3. The number of carbonyl (C=O) groups excluding carboxylic acids is 2. The molecule has 3 nitrogen and oxygen atoms in total. The largest absolute Gasteiger partial charge is 0.453 e. The minimum Gasteiger partial charge on any atom is -0.453 e. The van der Waals surface area contributed by atoms with Crippen LogP contribution in [0.25, 0.3) is 0 Å². The van der Waals surface area contributed by atoms with E-state index in [1.165, 1.54) is 6.92 Å². The van der Waals surface area contributed by atoms with Gasteiger partial charge in [-0.25, -0.2) is 0 Å². The Morgan fingerprint density at radius 1 is 1.36 bits per heavy atom. The van der Waals surface area contributed by atoms with Gasteiger partial charge < -0.3 is 4.74 Å². The summed E-state index contributed by atoms with van der Waals surface area (Å²) in [4.78, 5) is 21.2. The first-order chi connectivity index (χ1) is 4.95. The van der Waals surface area contributed by atoms with Crippen molar-refractivity contribution < 1.29 is 14.3 Å². The second-order valence-corrected chi connectivity index (χ2v) is 3.36. The van der Waals surface area contributed by atoms with Crippen LogP contribution in [0.1, 0.15) is 20.8 Å². The molecule has 64 valence electrons. The lowest BCUT2D eigenvalue weighted by Gasteiger charge is -2.15. The second-order valence-electron chi connectivity index (χ2n) is 2.58. The highest BCUT2D eigenvalue weighted by molar-refractivity contribution is 9.18. The van der Waals surface area contributed by atoms with Gasteiger partial charge in [-0.15, -0.1) is 0 Å². The van der Waals surface area contributed by atoms with Gasteiger partial charge in [-0.3, -0.25) is 9.59 Å². The number of esters is 1. The van der Waals surface area contributed by atoms with Crippen molar-refractivity contribution in [1.82, 2.24) is 0 Å². The van der Waals surface area contributed by atoms with Crippen LogP contribution >= 0.6 is 15.9 Å². The molecule has 11 heavy (non-hydrogen) atoms. The number of ether oxygens (including phenoxy) is 1. The molecule has 0 aliphatic carbocycles. The monoisotopic (exact) mass is 222 g/mol. The Bertz CT molecular complexity index is 165. The Morgan fingerprint density at radius 2 is 1.82 bits per heavy atom. The quantitative estimate of drug-likeness (QED) is 0.537. The maximum absolute atomic E-state index is 10.8. The summed E-state index contributed by atoms with van der Waals surface area (Å²) in [6.45, 7) is 4.91. The number of hydrogen-bond acceptors (Lipinski definition) is 3. The third-order valence-electron chi connectivity index (χ3n) is 1.12. The Hall–Kier alpha value is -0.380. The minimum atomic E-state index is -0.660. The van der Waals surface area contributed by atoms with E-state index < -0.39 is 12.1 Å². The average Bonchev–Trinajstić information content (AvgIpc) is 1.81.